The van der Waals surface area contributed by atoms with Gasteiger partial charge < -0.3 is 5.32 Å². The number of fused-ring (bicyclic) bond motifs is 3. The summed E-state index contributed by atoms with van der Waals surface area (Å²) in [5.41, 5.74) is 5.74. The first kappa shape index (κ1) is 21.7. The van der Waals surface area contributed by atoms with E-state index < -0.39 is 0 Å². The highest BCUT2D eigenvalue weighted by atomic mass is 16.1. The van der Waals surface area contributed by atoms with E-state index in [1.807, 2.05) is 12.1 Å². The predicted molar refractivity (Wildman–Crippen MR) is 141 cm³/mol. The number of carbonyl (C=O) groups is 1. The largest absolute Gasteiger partial charge is 0.310 e. The molecule has 180 valence electrons. The van der Waals surface area contributed by atoms with Crippen molar-refractivity contribution in [2.24, 2.45) is 11.8 Å². The second-order valence-electron chi connectivity index (χ2n) is 11.8. The molecule has 2 heterocycles. The van der Waals surface area contributed by atoms with Gasteiger partial charge in [-0.05, 0) is 80.0 Å². The molecule has 0 spiro atoms. The van der Waals surface area contributed by atoms with Crippen molar-refractivity contribution in [1.82, 2.24) is 10.3 Å². The van der Waals surface area contributed by atoms with Gasteiger partial charge in [-0.15, -0.1) is 0 Å². The maximum Gasteiger partial charge on any atom is 0.164 e. The second-order valence-corrected chi connectivity index (χ2v) is 11.8. The minimum Gasteiger partial charge on any atom is -0.310 e. The lowest BCUT2D eigenvalue weighted by Crippen LogP contribution is -2.40. The van der Waals surface area contributed by atoms with E-state index >= 15 is 0 Å². The Hall–Kier alpha value is -2.52. The van der Waals surface area contributed by atoms with Crippen LogP contribution in [0.15, 0.2) is 54.6 Å². The molecule has 1 N–H and O–H groups in total. The number of benzene rings is 2. The summed E-state index contributed by atoms with van der Waals surface area (Å²) in [7, 11) is 0. The first-order chi connectivity index (χ1) is 17.2. The van der Waals surface area contributed by atoms with Gasteiger partial charge in [0.2, 0.25) is 0 Å². The second kappa shape index (κ2) is 8.85. The molecule has 1 aliphatic heterocycles. The molecule has 0 amide bonds. The van der Waals surface area contributed by atoms with Crippen LogP contribution >= 0.6 is 0 Å². The highest BCUT2D eigenvalue weighted by Crippen LogP contribution is 2.44. The molecular formula is C32H36N2O. The zero-order valence-electron chi connectivity index (χ0n) is 20.6. The van der Waals surface area contributed by atoms with E-state index in [1.165, 1.54) is 68.9 Å². The zero-order chi connectivity index (χ0) is 23.4. The number of nitrogens with zero attached hydrogens (tertiary/aromatic N) is 1. The number of carbonyl (C=O) groups excluding carboxylic acids is 1. The third-order valence-corrected chi connectivity index (χ3v) is 9.23. The van der Waals surface area contributed by atoms with Gasteiger partial charge in [0.15, 0.2) is 5.78 Å². The fraction of sp³-hybridized carbons (Fsp3) is 0.500. The van der Waals surface area contributed by atoms with E-state index in [4.69, 9.17) is 4.98 Å². The maximum absolute atomic E-state index is 14.0. The van der Waals surface area contributed by atoms with Crippen molar-refractivity contribution >= 4 is 16.7 Å². The number of pyridine rings is 1. The summed E-state index contributed by atoms with van der Waals surface area (Å²) >= 11 is 0. The van der Waals surface area contributed by atoms with Crippen LogP contribution in [-0.2, 0) is 6.42 Å². The van der Waals surface area contributed by atoms with Gasteiger partial charge in [-0.1, -0.05) is 55.3 Å². The average molecular weight is 465 g/mol. The van der Waals surface area contributed by atoms with Crippen LogP contribution in [0.5, 0.6) is 0 Å². The Balaban J connectivity index is 1.19. The van der Waals surface area contributed by atoms with Crippen LogP contribution in [0.2, 0.25) is 0 Å². The number of aromatic nitrogens is 1. The van der Waals surface area contributed by atoms with Crippen LogP contribution < -0.4 is 5.32 Å². The molecule has 4 aliphatic rings. The summed E-state index contributed by atoms with van der Waals surface area (Å²) in [5, 5.41) is 4.93. The summed E-state index contributed by atoms with van der Waals surface area (Å²) in [6, 6.07) is 20.7. The number of hydrogen-bond acceptors (Lipinski definition) is 3. The van der Waals surface area contributed by atoms with Crippen molar-refractivity contribution in [2.45, 2.75) is 88.1 Å². The number of rotatable bonds is 9. The van der Waals surface area contributed by atoms with E-state index in [-0.39, 0.29) is 11.7 Å². The fourth-order valence-corrected chi connectivity index (χ4v) is 6.83. The predicted octanol–water partition coefficient (Wildman–Crippen LogP) is 6.95. The third-order valence-electron chi connectivity index (χ3n) is 9.23. The first-order valence-electron chi connectivity index (χ1n) is 14.0. The van der Waals surface area contributed by atoms with Crippen molar-refractivity contribution in [3.05, 3.63) is 77.0 Å². The Morgan fingerprint density at radius 1 is 0.971 bits per heavy atom. The maximum atomic E-state index is 14.0. The van der Waals surface area contributed by atoms with Gasteiger partial charge in [-0.25, -0.2) is 0 Å². The molecule has 0 radical (unpaired) electrons. The zero-order valence-corrected chi connectivity index (χ0v) is 20.6. The molecule has 3 aliphatic carbocycles. The van der Waals surface area contributed by atoms with Crippen molar-refractivity contribution in [1.29, 1.82) is 0 Å². The van der Waals surface area contributed by atoms with Gasteiger partial charge in [0, 0.05) is 47.0 Å². The minimum atomic E-state index is 0.228. The van der Waals surface area contributed by atoms with E-state index in [9.17, 15) is 4.79 Å². The van der Waals surface area contributed by atoms with Gasteiger partial charge in [0.05, 0.1) is 5.52 Å². The molecule has 4 fully saturated rings. The highest BCUT2D eigenvalue weighted by molar-refractivity contribution is 6.07. The van der Waals surface area contributed by atoms with Crippen molar-refractivity contribution in [3.8, 4) is 0 Å². The van der Waals surface area contributed by atoms with Crippen LogP contribution in [0.3, 0.4) is 0 Å². The fourth-order valence-electron chi connectivity index (χ4n) is 6.83. The van der Waals surface area contributed by atoms with Gasteiger partial charge >= 0.3 is 0 Å². The summed E-state index contributed by atoms with van der Waals surface area (Å²) in [6.45, 7) is 0. The molecule has 1 aromatic heterocycles. The number of ketones is 1. The molecule has 4 atom stereocenters. The van der Waals surface area contributed by atoms with Gasteiger partial charge in [0.1, 0.15) is 0 Å². The lowest BCUT2D eigenvalue weighted by molar-refractivity contribution is 0.0964. The van der Waals surface area contributed by atoms with E-state index in [0.717, 1.165) is 28.1 Å². The number of hydrogen-bond donors (Lipinski definition) is 1. The normalized spacial score (nSPS) is 26.3. The average Bonchev–Trinajstić information content (AvgIpc) is 3.83. The SMILES string of the molecule is O=C(C[C@@H](c1ccc(CCC2CC2)cc1)C1N[C@@H]2CC[C@H]1C2)c1cc(C2CC2)nc2ccccc12. The Labute approximate surface area is 208 Å². The third kappa shape index (κ3) is 4.44. The number of aryl methyl sites for hydroxylation is 1. The van der Waals surface area contributed by atoms with Crippen LogP contribution in [0.1, 0.15) is 96.8 Å². The highest BCUT2D eigenvalue weighted by Gasteiger charge is 2.43. The number of Topliss-reactive ketones (excluding diaryl/α,β-unsaturated/α-hetero) is 1. The lowest BCUT2D eigenvalue weighted by atomic mass is 9.79. The summed E-state index contributed by atoms with van der Waals surface area (Å²) in [5.74, 6) is 2.71. The topological polar surface area (TPSA) is 42.0 Å². The molecular weight excluding hydrogens is 428 g/mol. The molecule has 1 unspecified atom stereocenters. The van der Waals surface area contributed by atoms with Crippen molar-refractivity contribution in [2.75, 3.05) is 0 Å². The van der Waals surface area contributed by atoms with Crippen LogP contribution in [0, 0.1) is 11.8 Å². The van der Waals surface area contributed by atoms with E-state index in [0.29, 0.717) is 30.3 Å². The standard InChI is InChI=1S/C32H36N2O/c35-31(28-18-30(23-13-14-23)34-29-4-2-1-3-26(28)29)19-27(32-24-15-16-25(17-24)33-32)22-11-9-21(10-12-22)8-7-20-5-6-20/h1-4,9-12,18,20,23-25,27,32-33H,5-8,13-17,19H2/t24-,25+,27-,32?/m0/s1. The molecule has 7 rings (SSSR count). The van der Waals surface area contributed by atoms with Crippen LogP contribution in [0.4, 0.5) is 0 Å². The molecule has 3 saturated carbocycles. The van der Waals surface area contributed by atoms with E-state index in [2.05, 4.69) is 47.8 Å². The smallest absolute Gasteiger partial charge is 0.164 e. The number of piperidine rings is 1. The summed E-state index contributed by atoms with van der Waals surface area (Å²) in [6.07, 6.45) is 12.2. The quantitative estimate of drug-likeness (QED) is 0.348. The number of nitrogens with one attached hydrogen (secondary N) is 1. The van der Waals surface area contributed by atoms with Gasteiger partial charge in [0.25, 0.3) is 0 Å². The van der Waals surface area contributed by atoms with E-state index in [1.54, 1.807) is 0 Å². The molecule has 2 bridgehead atoms. The Morgan fingerprint density at radius 2 is 1.80 bits per heavy atom. The monoisotopic (exact) mass is 464 g/mol. The molecule has 3 nitrogen and oxygen atoms in total. The van der Waals surface area contributed by atoms with Crippen molar-refractivity contribution < 1.29 is 4.79 Å². The van der Waals surface area contributed by atoms with Gasteiger partial charge in [-0.3, -0.25) is 9.78 Å². The summed E-state index contributed by atoms with van der Waals surface area (Å²) < 4.78 is 0. The molecule has 35 heavy (non-hydrogen) atoms. The Morgan fingerprint density at radius 3 is 2.51 bits per heavy atom. The van der Waals surface area contributed by atoms with Crippen molar-refractivity contribution in [3.63, 3.8) is 0 Å². The minimum absolute atomic E-state index is 0.228. The molecule has 3 aromatic rings. The first-order valence-corrected chi connectivity index (χ1v) is 14.0. The number of para-hydroxylation sites is 1. The van der Waals surface area contributed by atoms with Crippen LogP contribution in [-0.4, -0.2) is 22.9 Å². The Kier molecular flexibility index (Phi) is 5.50. The van der Waals surface area contributed by atoms with Gasteiger partial charge in [-0.2, -0.15) is 0 Å². The summed E-state index contributed by atoms with van der Waals surface area (Å²) in [4.78, 5) is 18.9. The molecule has 3 heteroatoms. The Bertz CT molecular complexity index is 1240. The van der Waals surface area contributed by atoms with Crippen LogP contribution in [0.25, 0.3) is 10.9 Å². The molecule has 1 saturated heterocycles. The lowest BCUT2D eigenvalue weighted by Gasteiger charge is -2.32. The molecule has 2 aromatic carbocycles.